The van der Waals surface area contributed by atoms with Gasteiger partial charge >= 0.3 is 0 Å². The van der Waals surface area contributed by atoms with Gasteiger partial charge in [0.1, 0.15) is 11.5 Å². The lowest BCUT2D eigenvalue weighted by molar-refractivity contribution is 0.500. The SMILES string of the molecule is CN=C(NCc1cc(C)oc1C)N1CCc2ccccc21.I. The van der Waals surface area contributed by atoms with Crippen molar-refractivity contribution < 1.29 is 4.42 Å². The van der Waals surface area contributed by atoms with Crippen molar-refractivity contribution in [2.45, 2.75) is 26.8 Å². The Kier molecular flexibility index (Phi) is 5.50. The molecule has 1 aliphatic rings. The highest BCUT2D eigenvalue weighted by molar-refractivity contribution is 14.0. The van der Waals surface area contributed by atoms with E-state index in [-0.39, 0.29) is 24.0 Å². The van der Waals surface area contributed by atoms with E-state index in [1.165, 1.54) is 16.8 Å². The van der Waals surface area contributed by atoms with Crippen molar-refractivity contribution in [3.05, 3.63) is 53.0 Å². The molecular weight excluding hydrogens is 389 g/mol. The van der Waals surface area contributed by atoms with Gasteiger partial charge in [0.05, 0.1) is 0 Å². The summed E-state index contributed by atoms with van der Waals surface area (Å²) in [6.07, 6.45) is 1.07. The number of anilines is 1. The van der Waals surface area contributed by atoms with Gasteiger partial charge < -0.3 is 14.6 Å². The van der Waals surface area contributed by atoms with Crippen molar-refractivity contribution in [3.63, 3.8) is 0 Å². The van der Waals surface area contributed by atoms with E-state index in [0.717, 1.165) is 37.0 Å². The van der Waals surface area contributed by atoms with Gasteiger partial charge in [0.25, 0.3) is 0 Å². The minimum Gasteiger partial charge on any atom is -0.466 e. The second-order valence-corrected chi connectivity index (χ2v) is 5.37. The fourth-order valence-corrected chi connectivity index (χ4v) is 2.89. The number of hydrogen-bond acceptors (Lipinski definition) is 2. The molecule has 4 nitrogen and oxygen atoms in total. The summed E-state index contributed by atoms with van der Waals surface area (Å²) in [4.78, 5) is 6.67. The summed E-state index contributed by atoms with van der Waals surface area (Å²) in [5.41, 5.74) is 3.82. The molecule has 0 atom stereocenters. The van der Waals surface area contributed by atoms with Gasteiger partial charge in [-0.3, -0.25) is 4.99 Å². The number of nitrogens with zero attached hydrogens (tertiary/aromatic N) is 2. The predicted octanol–water partition coefficient (Wildman–Crippen LogP) is 3.65. The van der Waals surface area contributed by atoms with Gasteiger partial charge in [0, 0.05) is 31.4 Å². The lowest BCUT2D eigenvalue weighted by Gasteiger charge is -2.22. The lowest BCUT2D eigenvalue weighted by atomic mass is 10.2. The Labute approximate surface area is 148 Å². The number of rotatable bonds is 2. The molecule has 0 unspecified atom stereocenters. The van der Waals surface area contributed by atoms with Crippen LogP contribution in [0.2, 0.25) is 0 Å². The molecule has 5 heteroatoms. The minimum absolute atomic E-state index is 0. The Bertz CT molecular complexity index is 678. The molecule has 0 saturated carbocycles. The van der Waals surface area contributed by atoms with Gasteiger partial charge in [0.15, 0.2) is 5.96 Å². The number of nitrogens with one attached hydrogen (secondary N) is 1. The summed E-state index contributed by atoms with van der Waals surface area (Å²) in [6.45, 7) is 5.68. The van der Waals surface area contributed by atoms with Crippen LogP contribution in [-0.2, 0) is 13.0 Å². The molecule has 118 valence electrons. The second-order valence-electron chi connectivity index (χ2n) is 5.37. The van der Waals surface area contributed by atoms with Crippen LogP contribution in [0.25, 0.3) is 0 Å². The molecule has 1 aliphatic heterocycles. The number of para-hydroxylation sites is 1. The molecule has 0 fully saturated rings. The fourth-order valence-electron chi connectivity index (χ4n) is 2.89. The van der Waals surface area contributed by atoms with Crippen LogP contribution in [0.1, 0.15) is 22.6 Å². The van der Waals surface area contributed by atoms with E-state index in [2.05, 4.69) is 45.5 Å². The van der Waals surface area contributed by atoms with Gasteiger partial charge in [-0.2, -0.15) is 0 Å². The van der Waals surface area contributed by atoms with Crippen molar-refractivity contribution >= 4 is 35.6 Å². The quantitative estimate of drug-likeness (QED) is 0.466. The smallest absolute Gasteiger partial charge is 0.198 e. The number of hydrogen-bond donors (Lipinski definition) is 1. The van der Waals surface area contributed by atoms with Crippen LogP contribution in [0, 0.1) is 13.8 Å². The monoisotopic (exact) mass is 411 g/mol. The highest BCUT2D eigenvalue weighted by atomic mass is 127. The van der Waals surface area contributed by atoms with E-state index in [1.54, 1.807) is 0 Å². The van der Waals surface area contributed by atoms with Crippen LogP contribution < -0.4 is 10.2 Å². The third-order valence-corrected chi connectivity index (χ3v) is 3.94. The third kappa shape index (κ3) is 3.29. The molecule has 0 spiro atoms. The first kappa shape index (κ1) is 16.9. The number of aryl methyl sites for hydroxylation is 2. The molecule has 0 radical (unpaired) electrons. The van der Waals surface area contributed by atoms with E-state index in [0.29, 0.717) is 0 Å². The maximum absolute atomic E-state index is 5.57. The summed E-state index contributed by atoms with van der Waals surface area (Å²) in [7, 11) is 1.83. The van der Waals surface area contributed by atoms with Crippen LogP contribution >= 0.6 is 24.0 Å². The van der Waals surface area contributed by atoms with Crippen molar-refractivity contribution in [3.8, 4) is 0 Å². The zero-order chi connectivity index (χ0) is 14.8. The molecule has 0 amide bonds. The topological polar surface area (TPSA) is 40.8 Å². The van der Waals surface area contributed by atoms with Crippen molar-refractivity contribution in [1.82, 2.24) is 5.32 Å². The van der Waals surface area contributed by atoms with E-state index >= 15 is 0 Å². The van der Waals surface area contributed by atoms with Crippen molar-refractivity contribution in [2.75, 3.05) is 18.5 Å². The Morgan fingerprint density at radius 2 is 2.09 bits per heavy atom. The number of aliphatic imine (C=N–C) groups is 1. The number of fused-ring (bicyclic) bond motifs is 1. The molecule has 22 heavy (non-hydrogen) atoms. The standard InChI is InChI=1S/C17H21N3O.HI/c1-12-10-15(13(2)21-12)11-19-17(18-3)20-9-8-14-6-4-5-7-16(14)20;/h4-7,10H,8-9,11H2,1-3H3,(H,18,19);1H. The molecule has 2 heterocycles. The Balaban J connectivity index is 0.00000176. The predicted molar refractivity (Wildman–Crippen MR) is 101 cm³/mol. The fraction of sp³-hybridized carbons (Fsp3) is 0.353. The minimum atomic E-state index is 0. The van der Waals surface area contributed by atoms with Crippen LogP contribution in [0.4, 0.5) is 5.69 Å². The Hall–Kier alpha value is -1.50. The summed E-state index contributed by atoms with van der Waals surface area (Å²) in [5, 5.41) is 3.44. The average Bonchev–Trinajstić information content (AvgIpc) is 3.04. The second kappa shape index (κ2) is 7.17. The first-order chi connectivity index (χ1) is 10.2. The Morgan fingerprint density at radius 3 is 2.77 bits per heavy atom. The van der Waals surface area contributed by atoms with Crippen LogP contribution in [-0.4, -0.2) is 19.6 Å². The summed E-state index contributed by atoms with van der Waals surface area (Å²) < 4.78 is 5.57. The van der Waals surface area contributed by atoms with E-state index in [9.17, 15) is 0 Å². The molecule has 0 saturated heterocycles. The summed E-state index contributed by atoms with van der Waals surface area (Å²) in [6, 6.07) is 10.6. The summed E-state index contributed by atoms with van der Waals surface area (Å²) in [5.74, 6) is 2.83. The molecule has 2 aromatic rings. The molecule has 1 aromatic carbocycles. The maximum Gasteiger partial charge on any atom is 0.198 e. The highest BCUT2D eigenvalue weighted by Gasteiger charge is 2.22. The van der Waals surface area contributed by atoms with E-state index in [1.807, 2.05) is 20.9 Å². The number of benzene rings is 1. The zero-order valence-electron chi connectivity index (χ0n) is 13.2. The molecule has 0 bridgehead atoms. The van der Waals surface area contributed by atoms with Gasteiger partial charge in [-0.25, -0.2) is 0 Å². The Morgan fingerprint density at radius 1 is 1.32 bits per heavy atom. The van der Waals surface area contributed by atoms with Crippen LogP contribution in [0.5, 0.6) is 0 Å². The van der Waals surface area contributed by atoms with Crippen LogP contribution in [0.15, 0.2) is 39.7 Å². The first-order valence-corrected chi connectivity index (χ1v) is 7.31. The average molecular weight is 411 g/mol. The molecule has 0 aliphatic carbocycles. The molecule has 1 N–H and O–H groups in total. The van der Waals surface area contributed by atoms with E-state index in [4.69, 9.17) is 4.42 Å². The first-order valence-electron chi connectivity index (χ1n) is 7.31. The van der Waals surface area contributed by atoms with Gasteiger partial charge in [-0.1, -0.05) is 18.2 Å². The number of halogens is 1. The largest absolute Gasteiger partial charge is 0.466 e. The van der Waals surface area contributed by atoms with Gasteiger partial charge in [0.2, 0.25) is 0 Å². The molecule has 1 aromatic heterocycles. The van der Waals surface area contributed by atoms with Gasteiger partial charge in [-0.15, -0.1) is 24.0 Å². The van der Waals surface area contributed by atoms with E-state index < -0.39 is 0 Å². The van der Waals surface area contributed by atoms with Crippen molar-refractivity contribution in [1.29, 1.82) is 0 Å². The normalized spacial score (nSPS) is 13.8. The lowest BCUT2D eigenvalue weighted by Crippen LogP contribution is -2.40. The molecular formula is C17H22IN3O. The van der Waals surface area contributed by atoms with Crippen molar-refractivity contribution in [2.24, 2.45) is 4.99 Å². The van der Waals surface area contributed by atoms with Gasteiger partial charge in [-0.05, 0) is 38.0 Å². The number of furan rings is 1. The van der Waals surface area contributed by atoms with Crippen LogP contribution in [0.3, 0.4) is 0 Å². The zero-order valence-corrected chi connectivity index (χ0v) is 15.5. The maximum atomic E-state index is 5.57. The highest BCUT2D eigenvalue weighted by Crippen LogP contribution is 2.27. The third-order valence-electron chi connectivity index (χ3n) is 3.94. The number of guanidine groups is 1. The summed E-state index contributed by atoms with van der Waals surface area (Å²) >= 11 is 0. The molecule has 3 rings (SSSR count).